The zero-order valence-electron chi connectivity index (χ0n) is 19.8. The fourth-order valence-corrected chi connectivity index (χ4v) is 4.92. The van der Waals surface area contributed by atoms with E-state index in [1.165, 1.54) is 0 Å². The lowest BCUT2D eigenvalue weighted by atomic mass is 9.65. The summed E-state index contributed by atoms with van der Waals surface area (Å²) in [5, 5.41) is 5.82. The second kappa shape index (κ2) is 8.29. The van der Waals surface area contributed by atoms with Crippen LogP contribution in [0.3, 0.4) is 0 Å². The van der Waals surface area contributed by atoms with E-state index in [2.05, 4.69) is 52.2 Å². The van der Waals surface area contributed by atoms with Gasteiger partial charge in [0, 0.05) is 5.69 Å². The van der Waals surface area contributed by atoms with E-state index in [-0.39, 0.29) is 29.2 Å². The first kappa shape index (κ1) is 23.3. The molecule has 0 radical (unpaired) electrons. The van der Waals surface area contributed by atoms with E-state index in [1.807, 2.05) is 24.3 Å². The molecule has 0 bridgehead atoms. The third kappa shape index (κ3) is 4.63. The Kier molecular flexibility index (Phi) is 6.23. The normalized spacial score (nSPS) is 24.5. The molecule has 4 amide bonds. The second-order valence-corrected chi connectivity index (χ2v) is 10.9. The van der Waals surface area contributed by atoms with Gasteiger partial charge in [-0.2, -0.15) is 0 Å². The average Bonchev–Trinajstić information content (AvgIpc) is 2.92. The van der Waals surface area contributed by atoms with Crippen molar-refractivity contribution in [3.63, 3.8) is 0 Å². The summed E-state index contributed by atoms with van der Waals surface area (Å²) in [7, 11) is 0. The smallest absolute Gasteiger partial charge is 0.324 e. The van der Waals surface area contributed by atoms with E-state index in [0.29, 0.717) is 24.4 Å². The molecule has 0 unspecified atom stereocenters. The summed E-state index contributed by atoms with van der Waals surface area (Å²) in [6.45, 7) is 12.7. The summed E-state index contributed by atoms with van der Waals surface area (Å²) in [6, 6.07) is 7.17. The molecule has 1 aromatic carbocycles. The monoisotopic (exact) mass is 427 g/mol. The van der Waals surface area contributed by atoms with Crippen LogP contribution >= 0.6 is 0 Å². The van der Waals surface area contributed by atoms with Crippen molar-refractivity contribution in [3.8, 4) is 0 Å². The molecule has 170 valence electrons. The summed E-state index contributed by atoms with van der Waals surface area (Å²) in [5.41, 5.74) is 0.964. The first-order valence-electron chi connectivity index (χ1n) is 11.4. The van der Waals surface area contributed by atoms with Crippen LogP contribution < -0.4 is 10.6 Å². The van der Waals surface area contributed by atoms with Crippen molar-refractivity contribution in [2.45, 2.75) is 84.6 Å². The quantitative estimate of drug-likeness (QED) is 0.660. The lowest BCUT2D eigenvalue weighted by molar-refractivity contribution is -0.135. The number of amides is 4. The van der Waals surface area contributed by atoms with Gasteiger partial charge in [0.1, 0.15) is 12.1 Å². The van der Waals surface area contributed by atoms with Crippen LogP contribution in [0.1, 0.15) is 79.2 Å². The molecule has 6 nitrogen and oxygen atoms in total. The van der Waals surface area contributed by atoms with E-state index in [4.69, 9.17) is 0 Å². The highest BCUT2D eigenvalue weighted by molar-refractivity contribution is 6.10. The summed E-state index contributed by atoms with van der Waals surface area (Å²) in [5.74, 6) is -0.0818. The molecule has 1 saturated carbocycles. The molecular weight excluding hydrogens is 390 g/mol. The molecule has 1 spiro atoms. The number of carbonyl (C=O) groups is 3. The molecule has 1 aliphatic heterocycles. The Bertz CT molecular complexity index is 861. The molecule has 2 N–H and O–H groups in total. The Morgan fingerprint density at radius 3 is 2.32 bits per heavy atom. The predicted octanol–water partition coefficient (Wildman–Crippen LogP) is 4.84. The highest BCUT2D eigenvalue weighted by atomic mass is 16.2. The van der Waals surface area contributed by atoms with Gasteiger partial charge < -0.3 is 10.6 Å². The number of hydrogen-bond donors (Lipinski definition) is 2. The van der Waals surface area contributed by atoms with Crippen molar-refractivity contribution in [1.82, 2.24) is 10.2 Å². The minimum absolute atomic E-state index is 0.139. The number of nitrogens with one attached hydrogen (secondary N) is 2. The van der Waals surface area contributed by atoms with Crippen LogP contribution in [0.25, 0.3) is 0 Å². The fourth-order valence-electron chi connectivity index (χ4n) is 4.92. The molecule has 2 fully saturated rings. The van der Waals surface area contributed by atoms with Crippen molar-refractivity contribution in [3.05, 3.63) is 29.8 Å². The number of hydrogen-bond acceptors (Lipinski definition) is 3. The van der Waals surface area contributed by atoms with Crippen molar-refractivity contribution < 1.29 is 14.4 Å². The van der Waals surface area contributed by atoms with Crippen LogP contribution in [0.5, 0.6) is 0 Å². The Labute approximate surface area is 186 Å². The fraction of sp³-hybridized carbons (Fsp3) is 0.640. The topological polar surface area (TPSA) is 78.5 Å². The summed E-state index contributed by atoms with van der Waals surface area (Å²) in [6.07, 6.45) is 4.18. The van der Waals surface area contributed by atoms with Gasteiger partial charge in [-0.05, 0) is 54.1 Å². The van der Waals surface area contributed by atoms with Gasteiger partial charge >= 0.3 is 6.03 Å². The Morgan fingerprint density at radius 1 is 1.13 bits per heavy atom. The molecule has 3 rings (SSSR count). The Morgan fingerprint density at radius 2 is 1.74 bits per heavy atom. The zero-order valence-corrected chi connectivity index (χ0v) is 19.8. The van der Waals surface area contributed by atoms with E-state index < -0.39 is 11.6 Å². The largest absolute Gasteiger partial charge is 0.325 e. The number of imide groups is 1. The van der Waals surface area contributed by atoms with Crippen LogP contribution in [-0.4, -0.2) is 34.8 Å². The maximum absolute atomic E-state index is 13.2. The van der Waals surface area contributed by atoms with Crippen LogP contribution in [0.15, 0.2) is 24.3 Å². The third-order valence-electron chi connectivity index (χ3n) is 7.41. The second-order valence-electron chi connectivity index (χ2n) is 10.9. The number of rotatable bonds is 5. The highest BCUT2D eigenvalue weighted by Crippen LogP contribution is 2.45. The highest BCUT2D eigenvalue weighted by Gasteiger charge is 2.53. The number of benzene rings is 1. The van der Waals surface area contributed by atoms with Gasteiger partial charge in [-0.15, -0.1) is 0 Å². The first-order valence-corrected chi connectivity index (χ1v) is 11.4. The summed E-state index contributed by atoms with van der Waals surface area (Å²) >= 11 is 0. The lowest BCUT2D eigenvalue weighted by Crippen LogP contribution is -2.51. The van der Waals surface area contributed by atoms with Crippen molar-refractivity contribution >= 4 is 23.5 Å². The lowest BCUT2D eigenvalue weighted by Gasteiger charge is -2.42. The van der Waals surface area contributed by atoms with Gasteiger partial charge in [0.05, 0.1) is 0 Å². The molecule has 1 heterocycles. The van der Waals surface area contributed by atoms with Crippen LogP contribution in [0.2, 0.25) is 0 Å². The number of carbonyl (C=O) groups excluding carboxylic acids is 3. The maximum Gasteiger partial charge on any atom is 0.325 e. The van der Waals surface area contributed by atoms with E-state index in [9.17, 15) is 14.4 Å². The minimum Gasteiger partial charge on any atom is -0.324 e. The Hall–Kier alpha value is -2.37. The number of para-hydroxylation sites is 1. The molecule has 0 atom stereocenters. The van der Waals surface area contributed by atoms with Gasteiger partial charge in [-0.25, -0.2) is 4.79 Å². The van der Waals surface area contributed by atoms with Gasteiger partial charge in [-0.1, -0.05) is 66.2 Å². The van der Waals surface area contributed by atoms with Crippen molar-refractivity contribution in [2.75, 3.05) is 11.9 Å². The molecule has 6 heteroatoms. The zero-order chi connectivity index (χ0) is 23.0. The van der Waals surface area contributed by atoms with Gasteiger partial charge in [-0.3, -0.25) is 14.5 Å². The average molecular weight is 428 g/mol. The number of urea groups is 1. The molecule has 2 aliphatic rings. The van der Waals surface area contributed by atoms with E-state index in [1.54, 1.807) is 0 Å². The van der Waals surface area contributed by atoms with Crippen LogP contribution in [0, 0.1) is 11.3 Å². The van der Waals surface area contributed by atoms with Gasteiger partial charge in [0.25, 0.3) is 5.91 Å². The number of nitrogens with zero attached hydrogens (tertiary/aromatic N) is 1. The van der Waals surface area contributed by atoms with E-state index in [0.717, 1.165) is 29.7 Å². The Balaban J connectivity index is 1.67. The first-order chi connectivity index (χ1) is 14.4. The van der Waals surface area contributed by atoms with E-state index >= 15 is 0 Å². The predicted molar refractivity (Wildman–Crippen MR) is 123 cm³/mol. The third-order valence-corrected chi connectivity index (χ3v) is 7.41. The van der Waals surface area contributed by atoms with Crippen LogP contribution in [-0.2, 0) is 15.0 Å². The van der Waals surface area contributed by atoms with Crippen molar-refractivity contribution in [2.24, 2.45) is 11.3 Å². The molecule has 1 aliphatic carbocycles. The molecule has 1 aromatic rings. The van der Waals surface area contributed by atoms with Gasteiger partial charge in [0.2, 0.25) is 5.91 Å². The SMILES string of the molecule is CCC(C)(C)C1CCC2(CC1)NC(=O)N(CC(=O)Nc1ccccc1C(C)(C)C)C2=O. The van der Waals surface area contributed by atoms with Crippen molar-refractivity contribution in [1.29, 1.82) is 0 Å². The molecule has 1 saturated heterocycles. The maximum atomic E-state index is 13.2. The standard InChI is InChI=1S/C25H37N3O3/c1-7-24(5,6)17-12-14-25(15-13-17)21(30)28(22(31)27-25)16-20(29)26-19-11-9-8-10-18(19)23(2,3)4/h8-11,17H,7,12-16H2,1-6H3,(H,26,29)(H,27,31). The summed E-state index contributed by atoms with van der Waals surface area (Å²) in [4.78, 5) is 39.6. The number of anilines is 1. The summed E-state index contributed by atoms with van der Waals surface area (Å²) < 4.78 is 0. The van der Waals surface area contributed by atoms with Gasteiger partial charge in [0.15, 0.2) is 0 Å². The molecular formula is C25H37N3O3. The minimum atomic E-state index is -0.846. The van der Waals surface area contributed by atoms with Crippen LogP contribution in [0.4, 0.5) is 10.5 Å². The molecule has 31 heavy (non-hydrogen) atoms. The molecule has 0 aromatic heterocycles.